The van der Waals surface area contributed by atoms with Gasteiger partial charge in [-0.25, -0.2) is 14.4 Å². The molecule has 1 heterocycles. The van der Waals surface area contributed by atoms with E-state index in [1.54, 1.807) is 12.1 Å². The summed E-state index contributed by atoms with van der Waals surface area (Å²) < 4.78 is 12.9. The molecular formula is C19H16FN3O. The molecular weight excluding hydrogens is 305 g/mol. The molecule has 1 N–H and O–H groups in total. The zero-order valence-corrected chi connectivity index (χ0v) is 12.9. The van der Waals surface area contributed by atoms with Crippen molar-refractivity contribution in [2.24, 2.45) is 0 Å². The largest absolute Gasteiger partial charge is 0.350 e. The SMILES string of the molecule is O=C(Cc1ccc(F)cc1)NCc1cc(-c2ccccc2)ncn1. The van der Waals surface area contributed by atoms with Crippen LogP contribution in [0, 0.1) is 5.82 Å². The molecule has 0 atom stereocenters. The molecule has 0 fully saturated rings. The van der Waals surface area contributed by atoms with E-state index in [0.29, 0.717) is 6.54 Å². The lowest BCUT2D eigenvalue weighted by atomic mass is 10.1. The molecule has 3 rings (SSSR count). The first-order valence-electron chi connectivity index (χ1n) is 7.58. The fourth-order valence-electron chi connectivity index (χ4n) is 2.30. The number of nitrogens with one attached hydrogen (secondary N) is 1. The van der Waals surface area contributed by atoms with E-state index in [1.165, 1.54) is 18.5 Å². The van der Waals surface area contributed by atoms with Crippen LogP contribution in [-0.2, 0) is 17.8 Å². The minimum Gasteiger partial charge on any atom is -0.350 e. The van der Waals surface area contributed by atoms with Crippen LogP contribution in [0.5, 0.6) is 0 Å². The van der Waals surface area contributed by atoms with Gasteiger partial charge < -0.3 is 5.32 Å². The van der Waals surface area contributed by atoms with Crippen LogP contribution in [0.3, 0.4) is 0 Å². The summed E-state index contributed by atoms with van der Waals surface area (Å²) in [5.74, 6) is -0.449. The van der Waals surface area contributed by atoms with Gasteiger partial charge in [0.15, 0.2) is 0 Å². The molecule has 0 spiro atoms. The summed E-state index contributed by atoms with van der Waals surface area (Å²) in [4.78, 5) is 20.4. The van der Waals surface area contributed by atoms with Gasteiger partial charge in [0.05, 0.1) is 24.4 Å². The molecule has 5 heteroatoms. The maximum absolute atomic E-state index is 12.9. The van der Waals surface area contributed by atoms with Gasteiger partial charge in [0, 0.05) is 5.56 Å². The average Bonchev–Trinajstić information content (AvgIpc) is 2.63. The number of rotatable bonds is 5. The van der Waals surface area contributed by atoms with Crippen molar-refractivity contribution in [2.75, 3.05) is 0 Å². The lowest BCUT2D eigenvalue weighted by molar-refractivity contribution is -0.120. The molecule has 0 unspecified atom stereocenters. The summed E-state index contributed by atoms with van der Waals surface area (Å²) in [7, 11) is 0. The standard InChI is InChI=1S/C19H16FN3O/c20-16-8-6-14(7-9-16)10-19(24)21-12-17-11-18(23-13-22-17)15-4-2-1-3-5-15/h1-9,11,13H,10,12H2,(H,21,24). The summed E-state index contributed by atoms with van der Waals surface area (Å²) in [6.07, 6.45) is 1.70. The number of hydrogen-bond donors (Lipinski definition) is 1. The normalized spacial score (nSPS) is 10.4. The number of halogens is 1. The highest BCUT2D eigenvalue weighted by Gasteiger charge is 2.06. The number of benzene rings is 2. The molecule has 0 aliphatic heterocycles. The molecule has 1 amide bonds. The molecule has 0 saturated carbocycles. The number of carbonyl (C=O) groups is 1. The lowest BCUT2D eigenvalue weighted by Crippen LogP contribution is -2.25. The van der Waals surface area contributed by atoms with E-state index >= 15 is 0 Å². The van der Waals surface area contributed by atoms with Crippen molar-refractivity contribution in [1.29, 1.82) is 0 Å². The number of nitrogens with zero attached hydrogens (tertiary/aromatic N) is 2. The Morgan fingerprint density at radius 1 is 1.00 bits per heavy atom. The lowest BCUT2D eigenvalue weighted by Gasteiger charge is -2.06. The Hall–Kier alpha value is -3.08. The minimum absolute atomic E-state index is 0.138. The van der Waals surface area contributed by atoms with Gasteiger partial charge in [-0.05, 0) is 23.8 Å². The van der Waals surface area contributed by atoms with E-state index in [9.17, 15) is 9.18 Å². The van der Waals surface area contributed by atoms with Crippen molar-refractivity contribution in [2.45, 2.75) is 13.0 Å². The van der Waals surface area contributed by atoms with Crippen LogP contribution in [0.15, 0.2) is 67.0 Å². The van der Waals surface area contributed by atoms with Gasteiger partial charge in [-0.2, -0.15) is 0 Å². The van der Waals surface area contributed by atoms with Crippen LogP contribution in [-0.4, -0.2) is 15.9 Å². The molecule has 1 aromatic heterocycles. The van der Waals surface area contributed by atoms with E-state index in [2.05, 4.69) is 15.3 Å². The first-order valence-corrected chi connectivity index (χ1v) is 7.58. The van der Waals surface area contributed by atoms with E-state index in [0.717, 1.165) is 22.5 Å². The number of amides is 1. The third kappa shape index (κ3) is 4.23. The van der Waals surface area contributed by atoms with Gasteiger partial charge in [-0.1, -0.05) is 42.5 Å². The van der Waals surface area contributed by atoms with E-state index in [4.69, 9.17) is 0 Å². The predicted molar refractivity (Wildman–Crippen MR) is 89.4 cm³/mol. The average molecular weight is 321 g/mol. The molecule has 0 radical (unpaired) electrons. The Kier molecular flexibility index (Phi) is 4.91. The first-order chi connectivity index (χ1) is 11.7. The fourth-order valence-corrected chi connectivity index (χ4v) is 2.30. The Labute approximate surface area is 139 Å². The Balaban J connectivity index is 1.60. The third-order valence-corrected chi connectivity index (χ3v) is 3.54. The molecule has 0 saturated heterocycles. The van der Waals surface area contributed by atoms with Crippen molar-refractivity contribution in [1.82, 2.24) is 15.3 Å². The minimum atomic E-state index is -0.311. The van der Waals surface area contributed by atoms with Gasteiger partial charge in [-0.3, -0.25) is 4.79 Å². The Morgan fingerprint density at radius 2 is 1.75 bits per heavy atom. The second-order valence-electron chi connectivity index (χ2n) is 5.34. The van der Waals surface area contributed by atoms with Crippen molar-refractivity contribution in [3.05, 3.63) is 84.1 Å². The quantitative estimate of drug-likeness (QED) is 0.785. The summed E-state index contributed by atoms with van der Waals surface area (Å²) in [5, 5.41) is 2.82. The molecule has 0 aliphatic carbocycles. The zero-order valence-electron chi connectivity index (χ0n) is 12.9. The van der Waals surface area contributed by atoms with Crippen LogP contribution in [0.2, 0.25) is 0 Å². The predicted octanol–water partition coefficient (Wildman–Crippen LogP) is 3.14. The number of aromatic nitrogens is 2. The molecule has 0 aliphatic rings. The Bertz CT molecular complexity index is 820. The molecule has 120 valence electrons. The summed E-state index contributed by atoms with van der Waals surface area (Å²) in [5.41, 5.74) is 3.31. The zero-order chi connectivity index (χ0) is 16.8. The van der Waals surface area contributed by atoms with Crippen LogP contribution in [0.4, 0.5) is 4.39 Å². The molecule has 2 aromatic carbocycles. The van der Waals surface area contributed by atoms with Crippen molar-refractivity contribution < 1.29 is 9.18 Å². The van der Waals surface area contributed by atoms with Gasteiger partial charge in [-0.15, -0.1) is 0 Å². The maximum atomic E-state index is 12.9. The maximum Gasteiger partial charge on any atom is 0.224 e. The second kappa shape index (κ2) is 7.46. The highest BCUT2D eigenvalue weighted by atomic mass is 19.1. The first kappa shape index (κ1) is 15.8. The van der Waals surface area contributed by atoms with Crippen molar-refractivity contribution in [3.63, 3.8) is 0 Å². The van der Waals surface area contributed by atoms with E-state index in [1.807, 2.05) is 36.4 Å². The second-order valence-corrected chi connectivity index (χ2v) is 5.34. The van der Waals surface area contributed by atoms with E-state index in [-0.39, 0.29) is 18.1 Å². The highest BCUT2D eigenvalue weighted by Crippen LogP contribution is 2.16. The topological polar surface area (TPSA) is 54.9 Å². The molecule has 24 heavy (non-hydrogen) atoms. The Morgan fingerprint density at radius 3 is 2.50 bits per heavy atom. The van der Waals surface area contributed by atoms with Crippen LogP contribution in [0.1, 0.15) is 11.3 Å². The van der Waals surface area contributed by atoms with Crippen molar-refractivity contribution >= 4 is 5.91 Å². The highest BCUT2D eigenvalue weighted by molar-refractivity contribution is 5.78. The van der Waals surface area contributed by atoms with Gasteiger partial charge in [0.1, 0.15) is 12.1 Å². The fraction of sp³-hybridized carbons (Fsp3) is 0.105. The van der Waals surface area contributed by atoms with Crippen LogP contribution < -0.4 is 5.32 Å². The van der Waals surface area contributed by atoms with Gasteiger partial charge >= 0.3 is 0 Å². The van der Waals surface area contributed by atoms with Gasteiger partial charge in [0.25, 0.3) is 0 Å². The van der Waals surface area contributed by atoms with Crippen LogP contribution in [0.25, 0.3) is 11.3 Å². The van der Waals surface area contributed by atoms with Crippen molar-refractivity contribution in [3.8, 4) is 11.3 Å². The van der Waals surface area contributed by atoms with Crippen LogP contribution >= 0.6 is 0 Å². The summed E-state index contributed by atoms with van der Waals surface area (Å²) in [6, 6.07) is 17.5. The summed E-state index contributed by atoms with van der Waals surface area (Å²) >= 11 is 0. The monoisotopic (exact) mass is 321 g/mol. The van der Waals surface area contributed by atoms with E-state index < -0.39 is 0 Å². The van der Waals surface area contributed by atoms with Gasteiger partial charge in [0.2, 0.25) is 5.91 Å². The molecule has 3 aromatic rings. The third-order valence-electron chi connectivity index (χ3n) is 3.54. The smallest absolute Gasteiger partial charge is 0.224 e. The summed E-state index contributed by atoms with van der Waals surface area (Å²) in [6.45, 7) is 0.322. The number of hydrogen-bond acceptors (Lipinski definition) is 3. The molecule has 0 bridgehead atoms. The number of carbonyl (C=O) groups excluding carboxylic acids is 1. The molecule has 4 nitrogen and oxygen atoms in total.